The highest BCUT2D eigenvalue weighted by Gasteiger charge is 2.59. The standard InChI is InChI=1S/C15H18N2O5/c16-13(15(21)22)11-9(12(11)14(19)20)7-17-10(18)6-8-4-2-1-3-5-8/h1-5,9,11-13H,6-7,16H2,(H,17,18)(H,19,20)(H,21,22)/t9?,11?,12?,13-/m0/s1. The maximum Gasteiger partial charge on any atom is 0.320 e. The van der Waals surface area contributed by atoms with Crippen LogP contribution < -0.4 is 11.1 Å². The summed E-state index contributed by atoms with van der Waals surface area (Å²) in [6.07, 6.45) is 0.195. The minimum atomic E-state index is -1.23. The summed E-state index contributed by atoms with van der Waals surface area (Å²) in [5.74, 6) is -4.44. The van der Waals surface area contributed by atoms with Gasteiger partial charge in [0.15, 0.2) is 0 Å². The normalized spacial score (nSPS) is 24.3. The van der Waals surface area contributed by atoms with Crippen molar-refractivity contribution in [1.29, 1.82) is 0 Å². The Morgan fingerprint density at radius 2 is 1.82 bits per heavy atom. The Hall–Kier alpha value is -2.41. The zero-order valence-corrected chi connectivity index (χ0v) is 11.8. The molecule has 3 unspecified atom stereocenters. The van der Waals surface area contributed by atoms with Crippen molar-refractivity contribution in [1.82, 2.24) is 5.32 Å². The molecule has 1 saturated carbocycles. The van der Waals surface area contributed by atoms with Gasteiger partial charge in [-0.05, 0) is 11.5 Å². The van der Waals surface area contributed by atoms with Gasteiger partial charge in [0.05, 0.1) is 12.3 Å². The van der Waals surface area contributed by atoms with Crippen molar-refractivity contribution in [3.05, 3.63) is 35.9 Å². The van der Waals surface area contributed by atoms with Crippen molar-refractivity contribution in [2.75, 3.05) is 6.54 Å². The minimum Gasteiger partial charge on any atom is -0.481 e. The Morgan fingerprint density at radius 3 is 2.36 bits per heavy atom. The maximum absolute atomic E-state index is 11.8. The van der Waals surface area contributed by atoms with Crippen molar-refractivity contribution in [2.45, 2.75) is 12.5 Å². The third-order valence-electron chi connectivity index (χ3n) is 3.96. The van der Waals surface area contributed by atoms with Gasteiger partial charge in [0, 0.05) is 12.5 Å². The number of carbonyl (C=O) groups excluding carboxylic acids is 1. The zero-order valence-electron chi connectivity index (χ0n) is 11.8. The molecule has 22 heavy (non-hydrogen) atoms. The van der Waals surface area contributed by atoms with E-state index in [1.54, 1.807) is 0 Å². The molecule has 7 heteroatoms. The second-order valence-corrected chi connectivity index (χ2v) is 5.44. The van der Waals surface area contributed by atoms with Crippen molar-refractivity contribution in [3.63, 3.8) is 0 Å². The fourth-order valence-corrected chi connectivity index (χ4v) is 2.74. The van der Waals surface area contributed by atoms with Crippen LogP contribution in [0.25, 0.3) is 0 Å². The van der Waals surface area contributed by atoms with Crippen LogP contribution in [0.15, 0.2) is 30.3 Å². The number of carbonyl (C=O) groups is 3. The third-order valence-corrected chi connectivity index (χ3v) is 3.96. The predicted octanol–water partition coefficient (Wildman–Crippen LogP) is -0.296. The van der Waals surface area contributed by atoms with E-state index in [1.807, 2.05) is 30.3 Å². The van der Waals surface area contributed by atoms with E-state index in [2.05, 4.69) is 5.32 Å². The number of hydrogen-bond donors (Lipinski definition) is 4. The van der Waals surface area contributed by atoms with Crippen LogP contribution in [0.3, 0.4) is 0 Å². The van der Waals surface area contributed by atoms with Crippen molar-refractivity contribution in [2.24, 2.45) is 23.5 Å². The quantitative estimate of drug-likeness (QED) is 0.547. The van der Waals surface area contributed by atoms with Crippen LogP contribution in [-0.2, 0) is 20.8 Å². The lowest BCUT2D eigenvalue weighted by atomic mass is 10.1. The Bertz CT molecular complexity index is 575. The maximum atomic E-state index is 11.8. The van der Waals surface area contributed by atoms with Gasteiger partial charge >= 0.3 is 11.9 Å². The van der Waals surface area contributed by atoms with Gasteiger partial charge in [-0.1, -0.05) is 30.3 Å². The average Bonchev–Trinajstić information content (AvgIpc) is 3.19. The van der Waals surface area contributed by atoms with E-state index in [0.29, 0.717) is 0 Å². The van der Waals surface area contributed by atoms with Crippen LogP contribution in [0.4, 0.5) is 0 Å². The molecule has 1 aliphatic carbocycles. The molecule has 1 aromatic carbocycles. The van der Waals surface area contributed by atoms with E-state index in [0.717, 1.165) is 5.56 Å². The molecule has 0 aromatic heterocycles. The molecule has 1 aliphatic rings. The van der Waals surface area contributed by atoms with Crippen LogP contribution in [0.1, 0.15) is 5.56 Å². The number of hydrogen-bond acceptors (Lipinski definition) is 4. The van der Waals surface area contributed by atoms with Crippen LogP contribution in [0, 0.1) is 17.8 Å². The predicted molar refractivity (Wildman–Crippen MR) is 76.9 cm³/mol. The molecule has 1 fully saturated rings. The van der Waals surface area contributed by atoms with Crippen LogP contribution >= 0.6 is 0 Å². The van der Waals surface area contributed by atoms with E-state index in [9.17, 15) is 14.4 Å². The Morgan fingerprint density at radius 1 is 1.18 bits per heavy atom. The summed E-state index contributed by atoms with van der Waals surface area (Å²) in [7, 11) is 0. The molecule has 7 nitrogen and oxygen atoms in total. The number of benzene rings is 1. The molecule has 4 atom stereocenters. The first kappa shape index (κ1) is 16.0. The number of rotatable bonds is 7. The molecule has 0 saturated heterocycles. The lowest BCUT2D eigenvalue weighted by molar-refractivity contribution is -0.140. The third kappa shape index (κ3) is 3.62. The van der Waals surface area contributed by atoms with Crippen molar-refractivity contribution < 1.29 is 24.6 Å². The monoisotopic (exact) mass is 306 g/mol. The van der Waals surface area contributed by atoms with Gasteiger partial charge in [-0.25, -0.2) is 0 Å². The van der Waals surface area contributed by atoms with Gasteiger partial charge in [-0.15, -0.1) is 0 Å². The second kappa shape index (κ2) is 6.57. The molecule has 5 N–H and O–H groups in total. The summed E-state index contributed by atoms with van der Waals surface area (Å²) in [4.78, 5) is 33.8. The first-order chi connectivity index (χ1) is 10.4. The number of carboxylic acid groups (broad SMARTS) is 2. The summed E-state index contributed by atoms with van der Waals surface area (Å²) < 4.78 is 0. The topological polar surface area (TPSA) is 130 Å². The van der Waals surface area contributed by atoms with Gasteiger partial charge in [-0.3, -0.25) is 14.4 Å². The fraction of sp³-hybridized carbons (Fsp3) is 0.400. The molecule has 118 valence electrons. The van der Waals surface area contributed by atoms with E-state index in [4.69, 9.17) is 15.9 Å². The SMILES string of the molecule is N[C@H](C(=O)O)C1C(CNC(=O)Cc2ccccc2)C1C(=O)O. The fourth-order valence-electron chi connectivity index (χ4n) is 2.74. The molecule has 0 heterocycles. The van der Waals surface area contributed by atoms with E-state index in [1.165, 1.54) is 0 Å². The average molecular weight is 306 g/mol. The van der Waals surface area contributed by atoms with Crippen LogP contribution in [0.5, 0.6) is 0 Å². The number of nitrogens with two attached hydrogens (primary N) is 1. The molecule has 2 rings (SSSR count). The van der Waals surface area contributed by atoms with E-state index < -0.39 is 35.7 Å². The summed E-state index contributed by atoms with van der Waals surface area (Å²) >= 11 is 0. The largest absolute Gasteiger partial charge is 0.481 e. The lowest BCUT2D eigenvalue weighted by Gasteiger charge is -2.06. The number of aliphatic carboxylic acids is 2. The van der Waals surface area contributed by atoms with Crippen LogP contribution in [0.2, 0.25) is 0 Å². The highest BCUT2D eigenvalue weighted by atomic mass is 16.4. The zero-order chi connectivity index (χ0) is 16.3. The number of carboxylic acids is 2. The summed E-state index contributed by atoms with van der Waals surface area (Å²) in [6.45, 7) is 0.119. The molecule has 1 aromatic rings. The van der Waals surface area contributed by atoms with Crippen molar-refractivity contribution >= 4 is 17.8 Å². The number of nitrogens with one attached hydrogen (secondary N) is 1. The first-order valence-electron chi connectivity index (χ1n) is 6.93. The summed E-state index contributed by atoms with van der Waals surface area (Å²) in [6, 6.07) is 7.91. The van der Waals surface area contributed by atoms with Gasteiger partial charge < -0.3 is 21.3 Å². The highest BCUT2D eigenvalue weighted by Crippen LogP contribution is 2.47. The second-order valence-electron chi connectivity index (χ2n) is 5.44. The highest BCUT2D eigenvalue weighted by molar-refractivity contribution is 5.81. The Balaban J connectivity index is 1.86. The molecular formula is C15H18N2O5. The molecular weight excluding hydrogens is 288 g/mol. The minimum absolute atomic E-state index is 0.119. The molecule has 1 amide bonds. The Labute approximate surface area is 127 Å². The van der Waals surface area contributed by atoms with Gasteiger partial charge in [0.2, 0.25) is 5.91 Å². The molecule has 0 radical (unpaired) electrons. The molecule has 0 spiro atoms. The first-order valence-corrected chi connectivity index (χ1v) is 6.93. The van der Waals surface area contributed by atoms with Gasteiger partial charge in [0.25, 0.3) is 0 Å². The smallest absolute Gasteiger partial charge is 0.320 e. The summed E-state index contributed by atoms with van der Waals surface area (Å²) in [5.41, 5.74) is 6.35. The molecule has 0 bridgehead atoms. The van der Waals surface area contributed by atoms with Crippen LogP contribution in [-0.4, -0.2) is 40.6 Å². The Kier molecular flexibility index (Phi) is 4.77. The van der Waals surface area contributed by atoms with Crippen molar-refractivity contribution in [3.8, 4) is 0 Å². The van der Waals surface area contributed by atoms with Gasteiger partial charge in [-0.2, -0.15) is 0 Å². The van der Waals surface area contributed by atoms with Gasteiger partial charge in [0.1, 0.15) is 6.04 Å². The molecule has 0 aliphatic heterocycles. The lowest BCUT2D eigenvalue weighted by Crippen LogP contribution is -2.35. The van der Waals surface area contributed by atoms with E-state index >= 15 is 0 Å². The summed E-state index contributed by atoms with van der Waals surface area (Å²) in [5, 5.41) is 20.6. The van der Waals surface area contributed by atoms with E-state index in [-0.39, 0.29) is 18.9 Å². The number of amides is 1.